The molecule has 3 atom stereocenters. The molecule has 1 aliphatic heterocycles. The highest BCUT2D eigenvalue weighted by molar-refractivity contribution is 9.10. The second-order valence-corrected chi connectivity index (χ2v) is 9.18. The van der Waals surface area contributed by atoms with Gasteiger partial charge in [0.2, 0.25) is 12.4 Å². The van der Waals surface area contributed by atoms with Gasteiger partial charge in [0.15, 0.2) is 0 Å². The predicted octanol–water partition coefficient (Wildman–Crippen LogP) is 3.47. The molecular formula is C20H24BrClN4O6. The van der Waals surface area contributed by atoms with Gasteiger partial charge >= 0.3 is 11.9 Å². The molecule has 3 heterocycles. The van der Waals surface area contributed by atoms with Crippen molar-refractivity contribution >= 4 is 62.9 Å². The fraction of sp³-hybridized carbons (Fsp3) is 0.550. The number of amides is 1. The molecule has 0 bridgehead atoms. The van der Waals surface area contributed by atoms with Gasteiger partial charge in [0.25, 0.3) is 0 Å². The Kier molecular flexibility index (Phi) is 7.73. The summed E-state index contributed by atoms with van der Waals surface area (Å²) in [5.74, 6) is -1.33. The van der Waals surface area contributed by atoms with E-state index in [-0.39, 0.29) is 41.5 Å². The van der Waals surface area contributed by atoms with Gasteiger partial charge < -0.3 is 18.8 Å². The van der Waals surface area contributed by atoms with Gasteiger partial charge in [-0.25, -0.2) is 0 Å². The summed E-state index contributed by atoms with van der Waals surface area (Å²) >= 11 is 9.73. The van der Waals surface area contributed by atoms with E-state index in [0.29, 0.717) is 28.3 Å². The van der Waals surface area contributed by atoms with Crippen LogP contribution in [0.4, 0.5) is 5.95 Å². The molecule has 2 aromatic heterocycles. The molecule has 12 heteroatoms. The molecule has 1 fully saturated rings. The fourth-order valence-corrected chi connectivity index (χ4v) is 4.13. The Labute approximate surface area is 198 Å². The standard InChI is InChI=1S/C20H24BrClN4O6/c1-9(2)18(28)30-7-13-12(32-19(29)10(3)4)5-14(31-13)26-6-11(21)15-16(22)24-20(23-8-27)25-17(15)26/h6,8-10,12-14H,5,7H2,1-4H3,(H,23,24,25,27)/t12-,13+,14+/m0/s1. The van der Waals surface area contributed by atoms with Crippen molar-refractivity contribution in [1.29, 1.82) is 0 Å². The van der Waals surface area contributed by atoms with Crippen LogP contribution in [0.1, 0.15) is 40.3 Å². The first-order chi connectivity index (χ1) is 15.1. The van der Waals surface area contributed by atoms with Crippen molar-refractivity contribution in [2.24, 2.45) is 11.8 Å². The van der Waals surface area contributed by atoms with Crippen LogP contribution in [0.25, 0.3) is 11.0 Å². The molecule has 3 rings (SSSR count). The number of hydrogen-bond acceptors (Lipinski definition) is 8. The van der Waals surface area contributed by atoms with Crippen LogP contribution in [0.3, 0.4) is 0 Å². The number of fused-ring (bicyclic) bond motifs is 1. The summed E-state index contributed by atoms with van der Waals surface area (Å²) in [5, 5.41) is 3.07. The Balaban J connectivity index is 1.91. The predicted molar refractivity (Wildman–Crippen MR) is 119 cm³/mol. The maximum Gasteiger partial charge on any atom is 0.308 e. The van der Waals surface area contributed by atoms with E-state index in [0.717, 1.165) is 0 Å². The number of anilines is 1. The third-order valence-electron chi connectivity index (χ3n) is 4.86. The number of nitrogens with one attached hydrogen (secondary N) is 1. The molecule has 174 valence electrons. The minimum atomic E-state index is -0.661. The molecule has 32 heavy (non-hydrogen) atoms. The molecule has 0 unspecified atom stereocenters. The highest BCUT2D eigenvalue weighted by Gasteiger charge is 2.41. The summed E-state index contributed by atoms with van der Waals surface area (Å²) in [6.07, 6.45) is 0.599. The van der Waals surface area contributed by atoms with Crippen molar-refractivity contribution in [3.05, 3.63) is 15.8 Å². The lowest BCUT2D eigenvalue weighted by atomic mass is 10.1. The van der Waals surface area contributed by atoms with Gasteiger partial charge in [0.1, 0.15) is 35.8 Å². The van der Waals surface area contributed by atoms with Crippen LogP contribution in [-0.2, 0) is 28.6 Å². The van der Waals surface area contributed by atoms with Gasteiger partial charge in [-0.3, -0.25) is 19.7 Å². The molecule has 0 radical (unpaired) electrons. The summed E-state index contributed by atoms with van der Waals surface area (Å²) in [6, 6.07) is 0. The average molecular weight is 532 g/mol. The third kappa shape index (κ3) is 5.21. The molecule has 0 spiro atoms. The SMILES string of the molecule is CC(C)C(=O)OC[C@H]1O[C@@H](n2cc(Br)c3c(Cl)nc(NC=O)nc32)C[C@@H]1OC(=O)C(C)C. The number of esters is 2. The largest absolute Gasteiger partial charge is 0.463 e. The Morgan fingerprint density at radius 1 is 1.31 bits per heavy atom. The molecule has 0 saturated carbocycles. The van der Waals surface area contributed by atoms with E-state index in [1.165, 1.54) is 0 Å². The van der Waals surface area contributed by atoms with Crippen molar-refractivity contribution in [3.63, 3.8) is 0 Å². The number of nitrogens with zero attached hydrogens (tertiary/aromatic N) is 3. The van der Waals surface area contributed by atoms with Crippen LogP contribution in [0.2, 0.25) is 5.15 Å². The second-order valence-electron chi connectivity index (χ2n) is 7.96. The molecule has 0 aromatic carbocycles. The van der Waals surface area contributed by atoms with Crippen LogP contribution >= 0.6 is 27.5 Å². The first kappa shape index (κ1) is 24.4. The fourth-order valence-electron chi connectivity index (χ4n) is 3.16. The van der Waals surface area contributed by atoms with Crippen LogP contribution in [0.15, 0.2) is 10.7 Å². The molecule has 1 amide bonds. The number of carbonyl (C=O) groups excluding carboxylic acids is 3. The van der Waals surface area contributed by atoms with Gasteiger partial charge in [-0.1, -0.05) is 39.3 Å². The molecule has 1 saturated heterocycles. The lowest BCUT2D eigenvalue weighted by Crippen LogP contribution is -2.33. The minimum absolute atomic E-state index is 0.0348. The van der Waals surface area contributed by atoms with Crippen LogP contribution in [0, 0.1) is 11.8 Å². The minimum Gasteiger partial charge on any atom is -0.463 e. The Hall–Kier alpha value is -2.24. The highest BCUT2D eigenvalue weighted by atomic mass is 79.9. The molecule has 10 nitrogen and oxygen atoms in total. The topological polar surface area (TPSA) is 122 Å². The van der Waals surface area contributed by atoms with E-state index >= 15 is 0 Å². The summed E-state index contributed by atoms with van der Waals surface area (Å²) in [6.45, 7) is 6.88. The number of halogens is 2. The lowest BCUT2D eigenvalue weighted by molar-refractivity contribution is -0.162. The first-order valence-electron chi connectivity index (χ1n) is 10.1. The van der Waals surface area contributed by atoms with Gasteiger partial charge in [-0.05, 0) is 15.9 Å². The van der Waals surface area contributed by atoms with E-state index in [1.807, 2.05) is 0 Å². The van der Waals surface area contributed by atoms with E-state index in [2.05, 4.69) is 31.2 Å². The van der Waals surface area contributed by atoms with Crippen LogP contribution in [0.5, 0.6) is 0 Å². The van der Waals surface area contributed by atoms with Crippen LogP contribution < -0.4 is 5.32 Å². The summed E-state index contributed by atoms with van der Waals surface area (Å²) in [7, 11) is 0. The summed E-state index contributed by atoms with van der Waals surface area (Å²) in [4.78, 5) is 43.4. The van der Waals surface area contributed by atoms with Crippen molar-refractivity contribution in [1.82, 2.24) is 14.5 Å². The van der Waals surface area contributed by atoms with E-state index in [1.54, 1.807) is 38.5 Å². The van der Waals surface area contributed by atoms with Gasteiger partial charge in [0, 0.05) is 17.1 Å². The summed E-state index contributed by atoms with van der Waals surface area (Å²) < 4.78 is 19.4. The number of aromatic nitrogens is 3. The van der Waals surface area contributed by atoms with E-state index < -0.39 is 18.4 Å². The monoisotopic (exact) mass is 530 g/mol. The van der Waals surface area contributed by atoms with Gasteiger partial charge in [-0.2, -0.15) is 9.97 Å². The van der Waals surface area contributed by atoms with E-state index in [4.69, 9.17) is 25.8 Å². The zero-order chi connectivity index (χ0) is 23.6. The van der Waals surface area contributed by atoms with Crippen LogP contribution in [-0.4, -0.2) is 51.7 Å². The number of ether oxygens (including phenoxy) is 3. The van der Waals surface area contributed by atoms with Gasteiger partial charge in [-0.15, -0.1) is 0 Å². The smallest absolute Gasteiger partial charge is 0.308 e. The lowest BCUT2D eigenvalue weighted by Gasteiger charge is -2.20. The normalized spacial score (nSPS) is 20.7. The molecular weight excluding hydrogens is 508 g/mol. The average Bonchev–Trinajstić information content (AvgIpc) is 3.27. The Bertz CT molecular complexity index is 1030. The number of carbonyl (C=O) groups is 3. The van der Waals surface area contributed by atoms with Crippen molar-refractivity contribution < 1.29 is 28.6 Å². The van der Waals surface area contributed by atoms with Gasteiger partial charge in [0.05, 0.1) is 17.2 Å². The second kappa shape index (κ2) is 10.1. The zero-order valence-electron chi connectivity index (χ0n) is 18.0. The van der Waals surface area contributed by atoms with Crippen molar-refractivity contribution in [2.75, 3.05) is 11.9 Å². The van der Waals surface area contributed by atoms with Crippen molar-refractivity contribution in [2.45, 2.75) is 52.6 Å². The third-order valence-corrected chi connectivity index (χ3v) is 5.74. The zero-order valence-corrected chi connectivity index (χ0v) is 20.3. The summed E-state index contributed by atoms with van der Waals surface area (Å²) in [5.41, 5.74) is 0.417. The molecule has 2 aromatic rings. The highest BCUT2D eigenvalue weighted by Crippen LogP contribution is 2.38. The first-order valence-corrected chi connectivity index (χ1v) is 11.3. The van der Waals surface area contributed by atoms with Crippen molar-refractivity contribution in [3.8, 4) is 0 Å². The Morgan fingerprint density at radius 3 is 2.62 bits per heavy atom. The maximum atomic E-state index is 12.2. The molecule has 1 N–H and O–H groups in total. The maximum absolute atomic E-state index is 12.2. The van der Waals surface area contributed by atoms with E-state index in [9.17, 15) is 14.4 Å². The number of hydrogen-bond donors (Lipinski definition) is 1. The number of rotatable bonds is 8. The Morgan fingerprint density at radius 2 is 2.00 bits per heavy atom. The molecule has 0 aliphatic carbocycles. The molecule has 1 aliphatic rings. The quantitative estimate of drug-likeness (QED) is 0.312.